The Kier molecular flexibility index (Phi) is 6.25. The summed E-state index contributed by atoms with van der Waals surface area (Å²) in [6.45, 7) is 3.63. The lowest BCUT2D eigenvalue weighted by Crippen LogP contribution is -2.35. The van der Waals surface area contributed by atoms with Crippen molar-refractivity contribution in [3.8, 4) is 0 Å². The molecule has 0 saturated carbocycles. The van der Waals surface area contributed by atoms with E-state index in [1.165, 1.54) is 24.2 Å². The number of rotatable bonds is 7. The fourth-order valence-corrected chi connectivity index (χ4v) is 4.37. The molecule has 0 aliphatic carbocycles. The summed E-state index contributed by atoms with van der Waals surface area (Å²) < 4.78 is 23.7. The van der Waals surface area contributed by atoms with Crippen LogP contribution in [0.5, 0.6) is 0 Å². The number of nitrogens with zero attached hydrogens (tertiary/aromatic N) is 9. The van der Waals surface area contributed by atoms with Crippen LogP contribution in [0.4, 0.5) is 20.6 Å². The number of carbonyl (C=O) groups excluding carboxylic acids is 2. The minimum atomic E-state index is -0.555. The SMILES string of the molecule is CC(=O)NCC1CN(c2ccc(N3CCC(n4cc(Cn5cnnn5)nn4)CC3)c(F)c2)C(=O)O1. The summed E-state index contributed by atoms with van der Waals surface area (Å²) in [4.78, 5) is 26.7. The molecule has 2 aliphatic heterocycles. The molecule has 13 nitrogen and oxygen atoms in total. The second-order valence-corrected chi connectivity index (χ2v) is 8.60. The molecule has 1 unspecified atom stereocenters. The van der Waals surface area contributed by atoms with Gasteiger partial charge in [-0.05, 0) is 41.5 Å². The molecule has 0 spiro atoms. The van der Waals surface area contributed by atoms with Crippen molar-refractivity contribution < 1.29 is 18.7 Å². The molecule has 3 aromatic rings. The van der Waals surface area contributed by atoms with E-state index in [-0.39, 0.29) is 25.0 Å². The second-order valence-electron chi connectivity index (χ2n) is 8.60. The highest BCUT2D eigenvalue weighted by Crippen LogP contribution is 2.31. The number of benzene rings is 1. The van der Waals surface area contributed by atoms with Crippen LogP contribution in [0.1, 0.15) is 31.5 Å². The number of cyclic esters (lactones) is 1. The predicted molar refractivity (Wildman–Crippen MR) is 120 cm³/mol. The van der Waals surface area contributed by atoms with Gasteiger partial charge >= 0.3 is 6.09 Å². The van der Waals surface area contributed by atoms with Gasteiger partial charge in [-0.3, -0.25) is 9.69 Å². The Morgan fingerprint density at radius 3 is 2.80 bits per heavy atom. The Morgan fingerprint density at radius 2 is 2.09 bits per heavy atom. The number of carbonyl (C=O) groups is 2. The number of nitrogens with one attached hydrogen (secondary N) is 1. The van der Waals surface area contributed by atoms with Gasteiger partial charge in [-0.2, -0.15) is 0 Å². The zero-order valence-corrected chi connectivity index (χ0v) is 19.1. The smallest absolute Gasteiger partial charge is 0.414 e. The summed E-state index contributed by atoms with van der Waals surface area (Å²) in [5.74, 6) is -0.601. The Labute approximate surface area is 199 Å². The molecule has 14 heteroatoms. The molecule has 4 heterocycles. The van der Waals surface area contributed by atoms with E-state index in [1.807, 2.05) is 15.8 Å². The fourth-order valence-electron chi connectivity index (χ4n) is 4.37. The second kappa shape index (κ2) is 9.64. The van der Waals surface area contributed by atoms with Crippen molar-refractivity contribution in [3.05, 3.63) is 42.2 Å². The maximum Gasteiger partial charge on any atom is 0.414 e. The summed E-state index contributed by atoms with van der Waals surface area (Å²) in [5, 5.41) is 22.1. The fraction of sp³-hybridized carbons (Fsp3) is 0.476. The average molecular weight is 484 g/mol. The zero-order chi connectivity index (χ0) is 24.4. The van der Waals surface area contributed by atoms with Crippen LogP contribution in [0, 0.1) is 5.82 Å². The average Bonchev–Trinajstić information content (AvgIpc) is 3.60. The Morgan fingerprint density at radius 1 is 1.26 bits per heavy atom. The van der Waals surface area contributed by atoms with Crippen molar-refractivity contribution in [2.75, 3.05) is 36.0 Å². The molecule has 2 saturated heterocycles. The van der Waals surface area contributed by atoms with Crippen LogP contribution in [-0.2, 0) is 16.1 Å². The number of hydrogen-bond donors (Lipinski definition) is 1. The molecule has 184 valence electrons. The summed E-state index contributed by atoms with van der Waals surface area (Å²) in [5.41, 5.74) is 1.68. The molecule has 2 fully saturated rings. The molecule has 0 radical (unpaired) electrons. The van der Waals surface area contributed by atoms with Crippen LogP contribution in [0.25, 0.3) is 0 Å². The molecule has 2 aliphatic rings. The van der Waals surface area contributed by atoms with Crippen LogP contribution in [0.15, 0.2) is 30.7 Å². The number of amides is 2. The van der Waals surface area contributed by atoms with Crippen LogP contribution in [0.3, 0.4) is 0 Å². The van der Waals surface area contributed by atoms with Gasteiger partial charge in [0.1, 0.15) is 23.9 Å². The lowest BCUT2D eigenvalue weighted by Gasteiger charge is -2.33. The standard InChI is InChI=1S/C21H25FN10O3/c1-14(33)23-9-18-12-31(21(34)35-18)17-2-3-20(19(22)8-17)29-6-4-16(5-7-29)32-11-15(25-27-32)10-30-13-24-26-28-30/h2-3,8,11,13,16,18H,4-7,9-10,12H2,1H3,(H,23,33). The molecular formula is C21H25FN10O3. The number of ether oxygens (including phenoxy) is 1. The highest BCUT2D eigenvalue weighted by atomic mass is 19.1. The lowest BCUT2D eigenvalue weighted by molar-refractivity contribution is -0.119. The number of aromatic nitrogens is 7. The van der Waals surface area contributed by atoms with Gasteiger partial charge in [-0.1, -0.05) is 5.21 Å². The van der Waals surface area contributed by atoms with Crippen LogP contribution < -0.4 is 15.1 Å². The van der Waals surface area contributed by atoms with E-state index in [0.29, 0.717) is 31.0 Å². The van der Waals surface area contributed by atoms with E-state index < -0.39 is 18.0 Å². The van der Waals surface area contributed by atoms with Gasteiger partial charge in [-0.25, -0.2) is 18.5 Å². The minimum absolute atomic E-state index is 0.170. The Bertz CT molecular complexity index is 1190. The van der Waals surface area contributed by atoms with Gasteiger partial charge in [-0.15, -0.1) is 10.2 Å². The summed E-state index contributed by atoms with van der Waals surface area (Å²) in [7, 11) is 0. The topological polar surface area (TPSA) is 136 Å². The Hall–Kier alpha value is -4.10. The van der Waals surface area contributed by atoms with E-state index in [1.54, 1.807) is 16.8 Å². The third kappa shape index (κ3) is 5.05. The van der Waals surface area contributed by atoms with Crippen molar-refractivity contribution in [1.29, 1.82) is 0 Å². The summed E-state index contributed by atoms with van der Waals surface area (Å²) >= 11 is 0. The van der Waals surface area contributed by atoms with E-state index in [2.05, 4.69) is 31.2 Å². The maximum absolute atomic E-state index is 15.0. The molecule has 35 heavy (non-hydrogen) atoms. The number of piperidine rings is 1. The number of anilines is 2. The first kappa shape index (κ1) is 22.7. The minimum Gasteiger partial charge on any atom is -0.442 e. The van der Waals surface area contributed by atoms with Crippen LogP contribution in [0.2, 0.25) is 0 Å². The van der Waals surface area contributed by atoms with Crippen LogP contribution >= 0.6 is 0 Å². The highest BCUT2D eigenvalue weighted by molar-refractivity contribution is 5.90. The van der Waals surface area contributed by atoms with Crippen molar-refractivity contribution in [2.45, 2.75) is 38.5 Å². The number of hydrogen-bond acceptors (Lipinski definition) is 9. The third-order valence-corrected chi connectivity index (χ3v) is 6.15. The van der Waals surface area contributed by atoms with Gasteiger partial charge in [0.2, 0.25) is 5.91 Å². The van der Waals surface area contributed by atoms with Crippen molar-refractivity contribution in [1.82, 2.24) is 40.5 Å². The number of halogens is 1. The predicted octanol–water partition coefficient (Wildman–Crippen LogP) is 0.755. The van der Waals surface area contributed by atoms with E-state index >= 15 is 4.39 Å². The third-order valence-electron chi connectivity index (χ3n) is 6.15. The first-order valence-corrected chi connectivity index (χ1v) is 11.3. The molecule has 0 bridgehead atoms. The Balaban J connectivity index is 1.18. The molecule has 2 aromatic heterocycles. The molecule has 5 rings (SSSR count). The summed E-state index contributed by atoms with van der Waals surface area (Å²) in [6.07, 6.45) is 3.97. The first-order valence-electron chi connectivity index (χ1n) is 11.3. The largest absolute Gasteiger partial charge is 0.442 e. The number of tetrazole rings is 1. The first-order chi connectivity index (χ1) is 17.0. The van der Waals surface area contributed by atoms with Crippen molar-refractivity contribution in [3.63, 3.8) is 0 Å². The lowest BCUT2D eigenvalue weighted by atomic mass is 10.0. The zero-order valence-electron chi connectivity index (χ0n) is 19.1. The summed E-state index contributed by atoms with van der Waals surface area (Å²) in [6, 6.07) is 4.93. The molecule has 1 N–H and O–H groups in total. The normalized spacial score (nSPS) is 18.7. The van der Waals surface area contributed by atoms with Crippen molar-refractivity contribution >= 4 is 23.4 Å². The van der Waals surface area contributed by atoms with Gasteiger partial charge in [0, 0.05) is 20.0 Å². The van der Waals surface area contributed by atoms with Gasteiger partial charge in [0.15, 0.2) is 0 Å². The monoisotopic (exact) mass is 484 g/mol. The van der Waals surface area contributed by atoms with Gasteiger partial charge < -0.3 is 15.0 Å². The molecule has 2 amide bonds. The molecular weight excluding hydrogens is 459 g/mol. The maximum atomic E-state index is 15.0. The van der Waals surface area contributed by atoms with E-state index in [0.717, 1.165) is 18.5 Å². The van der Waals surface area contributed by atoms with Gasteiger partial charge in [0.25, 0.3) is 0 Å². The highest BCUT2D eigenvalue weighted by Gasteiger charge is 2.33. The molecule has 1 aromatic carbocycles. The van der Waals surface area contributed by atoms with E-state index in [9.17, 15) is 9.59 Å². The quantitative estimate of drug-likeness (QED) is 0.515. The van der Waals surface area contributed by atoms with Crippen molar-refractivity contribution in [2.24, 2.45) is 0 Å². The molecule has 1 atom stereocenters. The van der Waals surface area contributed by atoms with E-state index in [4.69, 9.17) is 4.74 Å². The van der Waals surface area contributed by atoms with Crippen LogP contribution in [-0.4, -0.2) is 79.5 Å². The van der Waals surface area contributed by atoms with Gasteiger partial charge in [0.05, 0.1) is 43.2 Å².